The molecule has 0 amide bonds. The minimum absolute atomic E-state index is 0.694. The summed E-state index contributed by atoms with van der Waals surface area (Å²) in [7, 11) is 3.87. The molecule has 1 rings (SSSR count). The van der Waals surface area contributed by atoms with Crippen molar-refractivity contribution in [1.29, 1.82) is 0 Å². The quantitative estimate of drug-likeness (QED) is 0.600. The summed E-state index contributed by atoms with van der Waals surface area (Å²) in [6.45, 7) is 8.64. The number of hydrogen-bond donors (Lipinski definition) is 1. The highest BCUT2D eigenvalue weighted by atomic mass is 16.5. The van der Waals surface area contributed by atoms with E-state index in [1.807, 2.05) is 6.92 Å². The van der Waals surface area contributed by atoms with Crippen LogP contribution in [0.4, 0.5) is 5.69 Å². The molecule has 22 heavy (non-hydrogen) atoms. The molecular weight excluding hydrogens is 276 g/mol. The average Bonchev–Trinajstić information content (AvgIpc) is 2.53. The highest BCUT2D eigenvalue weighted by Gasteiger charge is 2.09. The van der Waals surface area contributed by atoms with E-state index in [-0.39, 0.29) is 0 Å². The topological polar surface area (TPSA) is 33.7 Å². The molecule has 0 atom stereocenters. The van der Waals surface area contributed by atoms with Crippen molar-refractivity contribution in [3.8, 4) is 5.75 Å². The second-order valence-corrected chi connectivity index (χ2v) is 5.53. The Hall–Kier alpha value is -1.26. The summed E-state index contributed by atoms with van der Waals surface area (Å²) >= 11 is 0. The van der Waals surface area contributed by atoms with Gasteiger partial charge in [0.1, 0.15) is 5.75 Å². The van der Waals surface area contributed by atoms with E-state index >= 15 is 0 Å². The van der Waals surface area contributed by atoms with Crippen LogP contribution in [0.1, 0.15) is 38.7 Å². The fourth-order valence-electron chi connectivity index (χ4n) is 2.34. The van der Waals surface area contributed by atoms with Crippen molar-refractivity contribution in [2.45, 2.75) is 39.7 Å². The second-order valence-electron chi connectivity index (χ2n) is 5.53. The van der Waals surface area contributed by atoms with E-state index in [1.54, 1.807) is 7.11 Å². The van der Waals surface area contributed by atoms with E-state index in [0.717, 1.165) is 38.4 Å². The van der Waals surface area contributed by atoms with Gasteiger partial charge < -0.3 is 19.7 Å². The van der Waals surface area contributed by atoms with E-state index in [0.29, 0.717) is 6.61 Å². The Morgan fingerprint density at radius 3 is 2.68 bits per heavy atom. The van der Waals surface area contributed by atoms with E-state index < -0.39 is 0 Å². The molecule has 0 aliphatic rings. The molecule has 0 aromatic heterocycles. The number of nitrogens with zero attached hydrogens (tertiary/aromatic N) is 1. The Labute approximate surface area is 135 Å². The monoisotopic (exact) mass is 308 g/mol. The number of nitrogens with one attached hydrogen (secondary N) is 1. The Bertz CT molecular complexity index is 410. The van der Waals surface area contributed by atoms with Gasteiger partial charge in [-0.1, -0.05) is 19.4 Å². The van der Waals surface area contributed by atoms with E-state index in [2.05, 4.69) is 42.4 Å². The average molecular weight is 308 g/mol. The first-order valence-corrected chi connectivity index (χ1v) is 8.39. The number of rotatable bonds is 12. The van der Waals surface area contributed by atoms with Crippen LogP contribution in [-0.4, -0.2) is 40.5 Å². The van der Waals surface area contributed by atoms with Crippen molar-refractivity contribution in [1.82, 2.24) is 5.32 Å². The normalized spacial score (nSPS) is 10.7. The van der Waals surface area contributed by atoms with Crippen LogP contribution < -0.4 is 15.0 Å². The number of ether oxygens (including phenoxy) is 2. The molecule has 0 spiro atoms. The Morgan fingerprint density at radius 2 is 2.00 bits per heavy atom. The molecule has 1 aromatic rings. The van der Waals surface area contributed by atoms with E-state index in [4.69, 9.17) is 9.47 Å². The highest BCUT2D eigenvalue weighted by molar-refractivity contribution is 5.59. The molecule has 0 bridgehead atoms. The van der Waals surface area contributed by atoms with Gasteiger partial charge in [0.05, 0.1) is 12.3 Å². The fourth-order valence-corrected chi connectivity index (χ4v) is 2.34. The lowest BCUT2D eigenvalue weighted by atomic mass is 10.1. The van der Waals surface area contributed by atoms with Crippen molar-refractivity contribution in [3.63, 3.8) is 0 Å². The minimum atomic E-state index is 0.694. The molecule has 0 radical (unpaired) electrons. The lowest BCUT2D eigenvalue weighted by molar-refractivity contribution is 0.194. The molecule has 0 fully saturated rings. The van der Waals surface area contributed by atoms with Gasteiger partial charge in [-0.25, -0.2) is 0 Å². The summed E-state index contributed by atoms with van der Waals surface area (Å²) in [4.78, 5) is 2.28. The van der Waals surface area contributed by atoms with Gasteiger partial charge in [0.25, 0.3) is 0 Å². The second kappa shape index (κ2) is 11.3. The standard InChI is InChI=1S/C18H32N2O2/c1-5-7-12-20(3)17-10-9-16(14-18(17)22-6-2)15-19-11-8-13-21-4/h9-10,14,19H,5-8,11-13,15H2,1-4H3. The zero-order valence-electron chi connectivity index (χ0n) is 14.7. The smallest absolute Gasteiger partial charge is 0.142 e. The predicted octanol–water partition coefficient (Wildman–Crippen LogP) is 3.45. The van der Waals surface area contributed by atoms with E-state index in [1.165, 1.54) is 24.1 Å². The number of methoxy groups -OCH3 is 1. The van der Waals surface area contributed by atoms with Gasteiger partial charge in [0, 0.05) is 33.9 Å². The summed E-state index contributed by atoms with van der Waals surface area (Å²) in [5.41, 5.74) is 2.44. The summed E-state index contributed by atoms with van der Waals surface area (Å²) in [6, 6.07) is 6.51. The van der Waals surface area contributed by atoms with Crippen LogP contribution in [0.15, 0.2) is 18.2 Å². The fraction of sp³-hybridized carbons (Fsp3) is 0.667. The number of benzene rings is 1. The van der Waals surface area contributed by atoms with Gasteiger partial charge in [-0.2, -0.15) is 0 Å². The van der Waals surface area contributed by atoms with Gasteiger partial charge in [0.2, 0.25) is 0 Å². The van der Waals surface area contributed by atoms with Crippen LogP contribution in [0.5, 0.6) is 5.75 Å². The zero-order chi connectivity index (χ0) is 16.2. The highest BCUT2D eigenvalue weighted by Crippen LogP contribution is 2.29. The Kier molecular flexibility index (Phi) is 9.67. The molecule has 0 unspecified atom stereocenters. The first-order chi connectivity index (χ1) is 10.7. The largest absolute Gasteiger partial charge is 0.492 e. The van der Waals surface area contributed by atoms with Gasteiger partial charge >= 0.3 is 0 Å². The summed E-state index contributed by atoms with van der Waals surface area (Å²) in [5, 5.41) is 3.44. The molecule has 0 saturated carbocycles. The molecule has 126 valence electrons. The first-order valence-electron chi connectivity index (χ1n) is 8.39. The van der Waals surface area contributed by atoms with Gasteiger partial charge in [0.15, 0.2) is 0 Å². The maximum absolute atomic E-state index is 5.83. The molecular formula is C18H32N2O2. The lowest BCUT2D eigenvalue weighted by Crippen LogP contribution is -2.20. The molecule has 0 aliphatic carbocycles. The van der Waals surface area contributed by atoms with Crippen molar-refractivity contribution in [3.05, 3.63) is 23.8 Å². The molecule has 0 heterocycles. The van der Waals surface area contributed by atoms with Crippen LogP contribution >= 0.6 is 0 Å². The van der Waals surface area contributed by atoms with Crippen molar-refractivity contribution >= 4 is 5.69 Å². The van der Waals surface area contributed by atoms with Gasteiger partial charge in [-0.3, -0.25) is 0 Å². The summed E-state index contributed by atoms with van der Waals surface area (Å²) in [6.07, 6.45) is 3.44. The predicted molar refractivity (Wildman–Crippen MR) is 94.0 cm³/mol. The molecule has 1 N–H and O–H groups in total. The van der Waals surface area contributed by atoms with Crippen LogP contribution in [-0.2, 0) is 11.3 Å². The molecule has 1 aromatic carbocycles. The van der Waals surface area contributed by atoms with Crippen LogP contribution in [0.3, 0.4) is 0 Å². The van der Waals surface area contributed by atoms with E-state index in [9.17, 15) is 0 Å². The zero-order valence-corrected chi connectivity index (χ0v) is 14.7. The first kappa shape index (κ1) is 18.8. The third kappa shape index (κ3) is 6.67. The number of unbranched alkanes of at least 4 members (excludes halogenated alkanes) is 1. The summed E-state index contributed by atoms with van der Waals surface area (Å²) < 4.78 is 10.9. The third-order valence-electron chi connectivity index (χ3n) is 3.61. The van der Waals surface area contributed by atoms with Crippen LogP contribution in [0, 0.1) is 0 Å². The number of anilines is 1. The van der Waals surface area contributed by atoms with Crippen LogP contribution in [0.25, 0.3) is 0 Å². The van der Waals surface area contributed by atoms with Crippen molar-refractivity contribution < 1.29 is 9.47 Å². The van der Waals surface area contributed by atoms with Gasteiger partial charge in [-0.15, -0.1) is 0 Å². The summed E-state index contributed by atoms with van der Waals surface area (Å²) in [5.74, 6) is 0.984. The third-order valence-corrected chi connectivity index (χ3v) is 3.61. The Balaban J connectivity index is 2.63. The molecule has 4 nitrogen and oxygen atoms in total. The van der Waals surface area contributed by atoms with Gasteiger partial charge in [-0.05, 0) is 44.0 Å². The minimum Gasteiger partial charge on any atom is -0.492 e. The number of hydrogen-bond acceptors (Lipinski definition) is 4. The molecule has 0 aliphatic heterocycles. The van der Waals surface area contributed by atoms with Crippen molar-refractivity contribution in [2.75, 3.05) is 45.4 Å². The Morgan fingerprint density at radius 1 is 1.18 bits per heavy atom. The maximum Gasteiger partial charge on any atom is 0.142 e. The lowest BCUT2D eigenvalue weighted by Gasteiger charge is -2.22. The van der Waals surface area contributed by atoms with Crippen molar-refractivity contribution in [2.24, 2.45) is 0 Å². The molecule has 0 saturated heterocycles. The molecule has 4 heteroatoms. The SMILES string of the molecule is CCCCN(C)c1ccc(CNCCCOC)cc1OCC. The van der Waals surface area contributed by atoms with Crippen LogP contribution in [0.2, 0.25) is 0 Å². The maximum atomic E-state index is 5.83.